The van der Waals surface area contributed by atoms with E-state index in [1.165, 1.54) is 16.3 Å². The number of hydrogen-bond donors (Lipinski definition) is 1. The fraction of sp³-hybridized carbons (Fsp3) is 0.438. The van der Waals surface area contributed by atoms with Gasteiger partial charge in [0.1, 0.15) is 6.61 Å². The number of nitrogens with zero attached hydrogens (tertiary/aromatic N) is 1. The summed E-state index contributed by atoms with van der Waals surface area (Å²) < 4.78 is 11.3. The zero-order chi connectivity index (χ0) is 27.0. The molecule has 38 heavy (non-hydrogen) atoms. The van der Waals surface area contributed by atoms with E-state index in [2.05, 4.69) is 47.8 Å². The van der Waals surface area contributed by atoms with Crippen LogP contribution in [0.5, 0.6) is 0 Å². The molecule has 3 aromatic carbocycles. The van der Waals surface area contributed by atoms with Crippen LogP contribution in [0.15, 0.2) is 72.8 Å². The van der Waals surface area contributed by atoms with Crippen LogP contribution in [0, 0.1) is 0 Å². The first-order chi connectivity index (χ1) is 18.5. The third-order valence-electron chi connectivity index (χ3n) is 6.44. The van der Waals surface area contributed by atoms with E-state index in [1.54, 1.807) is 0 Å². The summed E-state index contributed by atoms with van der Waals surface area (Å²) in [7, 11) is 3.86. The Bertz CT molecular complexity index is 1110. The van der Waals surface area contributed by atoms with Gasteiger partial charge >= 0.3 is 5.97 Å². The largest absolute Gasteiger partial charge is 0.461 e. The molecule has 3 rings (SSSR count). The van der Waals surface area contributed by atoms with Gasteiger partial charge in [-0.3, -0.25) is 9.59 Å². The van der Waals surface area contributed by atoms with Gasteiger partial charge in [0.05, 0.1) is 19.1 Å². The maximum atomic E-state index is 12.5. The van der Waals surface area contributed by atoms with Gasteiger partial charge in [0.2, 0.25) is 5.91 Å². The average Bonchev–Trinajstić information content (AvgIpc) is 2.91. The van der Waals surface area contributed by atoms with E-state index in [1.807, 2.05) is 49.3 Å². The zero-order valence-electron chi connectivity index (χ0n) is 22.9. The minimum Gasteiger partial charge on any atom is -0.461 e. The van der Waals surface area contributed by atoms with Crippen LogP contribution in [0.2, 0.25) is 0 Å². The highest BCUT2D eigenvalue weighted by Gasteiger charge is 2.18. The molecule has 204 valence electrons. The van der Waals surface area contributed by atoms with Crippen LogP contribution < -0.4 is 5.32 Å². The summed E-state index contributed by atoms with van der Waals surface area (Å²) in [5.74, 6) is -0.310. The third kappa shape index (κ3) is 11.0. The number of ether oxygens (including phenoxy) is 2. The second-order valence-corrected chi connectivity index (χ2v) is 10.1. The summed E-state index contributed by atoms with van der Waals surface area (Å²) in [6.45, 7) is 2.22. The zero-order valence-corrected chi connectivity index (χ0v) is 22.9. The Morgan fingerprint density at radius 1 is 0.816 bits per heavy atom. The van der Waals surface area contributed by atoms with Crippen LogP contribution >= 0.6 is 0 Å². The lowest BCUT2D eigenvalue weighted by Crippen LogP contribution is -2.43. The molecule has 0 unspecified atom stereocenters. The van der Waals surface area contributed by atoms with E-state index in [-0.39, 0.29) is 30.9 Å². The van der Waals surface area contributed by atoms with Gasteiger partial charge in [-0.2, -0.15) is 0 Å². The molecule has 0 aliphatic rings. The Morgan fingerprint density at radius 3 is 2.34 bits per heavy atom. The smallest absolute Gasteiger partial charge is 0.308 e. The maximum absolute atomic E-state index is 12.5. The SMILES string of the molecule is CN(C)C[C@@H](CC(=O)OCc1ccccc1)NC(=O)CCCCCCCOCc1cccc2ccccc12. The predicted octanol–water partition coefficient (Wildman–Crippen LogP) is 5.88. The summed E-state index contributed by atoms with van der Waals surface area (Å²) in [6, 6.07) is 24.1. The van der Waals surface area contributed by atoms with E-state index in [0.717, 1.165) is 44.3 Å². The van der Waals surface area contributed by atoms with Crippen molar-refractivity contribution in [2.24, 2.45) is 0 Å². The highest BCUT2D eigenvalue weighted by molar-refractivity contribution is 5.85. The fourth-order valence-electron chi connectivity index (χ4n) is 4.52. The van der Waals surface area contributed by atoms with Gasteiger partial charge in [-0.15, -0.1) is 0 Å². The molecule has 0 saturated carbocycles. The van der Waals surface area contributed by atoms with Crippen LogP contribution in [-0.2, 0) is 32.3 Å². The van der Waals surface area contributed by atoms with E-state index in [9.17, 15) is 9.59 Å². The van der Waals surface area contributed by atoms with E-state index in [0.29, 0.717) is 19.6 Å². The van der Waals surface area contributed by atoms with Crippen molar-refractivity contribution in [3.05, 3.63) is 83.9 Å². The Kier molecular flexibility index (Phi) is 12.8. The first-order valence-electron chi connectivity index (χ1n) is 13.7. The molecule has 6 nitrogen and oxygen atoms in total. The number of likely N-dealkylation sites (N-methyl/N-ethyl adjacent to an activating group) is 1. The van der Waals surface area contributed by atoms with Gasteiger partial charge in [-0.05, 0) is 48.8 Å². The molecular weight excluding hydrogens is 476 g/mol. The van der Waals surface area contributed by atoms with Crippen molar-refractivity contribution < 1.29 is 19.1 Å². The minimum atomic E-state index is -0.302. The Balaban J connectivity index is 1.25. The minimum absolute atomic E-state index is 0.00821. The van der Waals surface area contributed by atoms with Crippen molar-refractivity contribution in [3.8, 4) is 0 Å². The number of nitrogens with one attached hydrogen (secondary N) is 1. The first-order valence-corrected chi connectivity index (χ1v) is 13.7. The first kappa shape index (κ1) is 29.3. The van der Waals surface area contributed by atoms with Gasteiger partial charge in [0, 0.05) is 19.6 Å². The molecule has 1 N–H and O–H groups in total. The van der Waals surface area contributed by atoms with Crippen molar-refractivity contribution in [1.29, 1.82) is 0 Å². The number of hydrogen-bond acceptors (Lipinski definition) is 5. The van der Waals surface area contributed by atoms with Crippen molar-refractivity contribution in [3.63, 3.8) is 0 Å². The second-order valence-electron chi connectivity index (χ2n) is 10.1. The van der Waals surface area contributed by atoms with Crippen molar-refractivity contribution >= 4 is 22.6 Å². The topological polar surface area (TPSA) is 67.9 Å². The molecule has 0 aliphatic carbocycles. The number of amides is 1. The molecule has 0 bridgehead atoms. The van der Waals surface area contributed by atoms with Crippen LogP contribution in [0.25, 0.3) is 10.8 Å². The van der Waals surface area contributed by atoms with Crippen LogP contribution in [0.3, 0.4) is 0 Å². The third-order valence-corrected chi connectivity index (χ3v) is 6.44. The number of esters is 1. The van der Waals surface area contributed by atoms with Gasteiger partial charge in [0.15, 0.2) is 0 Å². The van der Waals surface area contributed by atoms with Gasteiger partial charge in [0.25, 0.3) is 0 Å². The Labute approximate surface area is 227 Å². The number of fused-ring (bicyclic) bond motifs is 1. The number of carbonyl (C=O) groups is 2. The summed E-state index contributed by atoms with van der Waals surface area (Å²) in [4.78, 5) is 26.8. The van der Waals surface area contributed by atoms with Crippen molar-refractivity contribution in [2.75, 3.05) is 27.2 Å². The summed E-state index contributed by atoms with van der Waals surface area (Å²) in [5, 5.41) is 5.52. The van der Waals surface area contributed by atoms with Gasteiger partial charge < -0.3 is 19.7 Å². The number of rotatable bonds is 17. The molecule has 1 atom stereocenters. The van der Waals surface area contributed by atoms with Crippen molar-refractivity contribution in [2.45, 2.75) is 64.2 Å². The number of benzene rings is 3. The highest BCUT2D eigenvalue weighted by Crippen LogP contribution is 2.19. The molecule has 3 aromatic rings. The fourth-order valence-corrected chi connectivity index (χ4v) is 4.52. The molecule has 1 amide bonds. The average molecular weight is 519 g/mol. The standard InChI is InChI=1S/C32H42N2O4/c1-34(2)23-29(22-32(36)38-24-26-14-7-6-8-15-26)33-31(35)20-9-4-3-5-12-21-37-25-28-18-13-17-27-16-10-11-19-30(27)28/h6-8,10-11,13-19,29H,3-5,9,12,20-25H2,1-2H3,(H,33,35)/t29-/m1/s1. The lowest BCUT2D eigenvalue weighted by Gasteiger charge is -2.22. The summed E-state index contributed by atoms with van der Waals surface area (Å²) >= 11 is 0. The Hall–Kier alpha value is -3.22. The highest BCUT2D eigenvalue weighted by atomic mass is 16.5. The molecule has 0 saturated heterocycles. The second kappa shape index (κ2) is 16.6. The summed E-state index contributed by atoms with van der Waals surface area (Å²) in [6.07, 6.45) is 5.68. The molecule has 0 spiro atoms. The lowest BCUT2D eigenvalue weighted by atomic mass is 10.1. The van der Waals surface area contributed by atoms with Crippen LogP contribution in [-0.4, -0.2) is 50.1 Å². The van der Waals surface area contributed by atoms with Crippen LogP contribution in [0.1, 0.15) is 56.1 Å². The normalized spacial score (nSPS) is 12.0. The molecule has 0 heterocycles. The number of unbranched alkanes of at least 4 members (excludes halogenated alkanes) is 4. The van der Waals surface area contributed by atoms with Gasteiger partial charge in [-0.1, -0.05) is 92.1 Å². The summed E-state index contributed by atoms with van der Waals surface area (Å²) in [5.41, 5.74) is 2.18. The molecule has 0 radical (unpaired) electrons. The van der Waals surface area contributed by atoms with Gasteiger partial charge in [-0.25, -0.2) is 0 Å². The van der Waals surface area contributed by atoms with Crippen LogP contribution in [0.4, 0.5) is 0 Å². The molecule has 0 aromatic heterocycles. The van der Waals surface area contributed by atoms with Crippen molar-refractivity contribution in [1.82, 2.24) is 10.2 Å². The molecule has 0 aliphatic heterocycles. The molecular formula is C32H42N2O4. The Morgan fingerprint density at radius 2 is 1.53 bits per heavy atom. The quantitative estimate of drug-likeness (QED) is 0.179. The maximum Gasteiger partial charge on any atom is 0.308 e. The number of carbonyl (C=O) groups excluding carboxylic acids is 2. The van der Waals surface area contributed by atoms with E-state index in [4.69, 9.17) is 9.47 Å². The predicted molar refractivity (Wildman–Crippen MR) is 153 cm³/mol. The van der Waals surface area contributed by atoms with E-state index < -0.39 is 0 Å². The molecule has 0 fully saturated rings. The van der Waals surface area contributed by atoms with E-state index >= 15 is 0 Å². The monoisotopic (exact) mass is 518 g/mol. The molecule has 6 heteroatoms. The lowest BCUT2D eigenvalue weighted by molar-refractivity contribution is -0.145.